The van der Waals surface area contributed by atoms with Gasteiger partial charge in [-0.2, -0.15) is 4.98 Å². The van der Waals surface area contributed by atoms with Gasteiger partial charge in [-0.25, -0.2) is 4.98 Å². The molecule has 0 atom stereocenters. The molecule has 0 aliphatic heterocycles. The number of nitrogens with one attached hydrogen (secondary N) is 2. The van der Waals surface area contributed by atoms with Crippen LogP contribution in [0.2, 0.25) is 0 Å². The molecular weight excluding hydrogens is 280 g/mol. The lowest BCUT2D eigenvalue weighted by Crippen LogP contribution is -2.15. The number of aromatic nitrogens is 2. The third kappa shape index (κ3) is 2.85. The van der Waals surface area contributed by atoms with Gasteiger partial charge in [-0.05, 0) is 19.8 Å². The van der Waals surface area contributed by atoms with Crippen LogP contribution in [0, 0.1) is 12.8 Å². The Morgan fingerprint density at radius 1 is 1.35 bits per heavy atom. The molecule has 2 aromatic rings. The lowest BCUT2D eigenvalue weighted by atomic mass is 10.4. The average molecular weight is 292 g/mol. The Morgan fingerprint density at radius 3 is 2.80 bits per heavy atom. The molecule has 20 heavy (non-hydrogen) atoms. The Hall–Kier alpha value is -2.22. The quantitative estimate of drug-likeness (QED) is 0.898. The number of oxazole rings is 1. The van der Waals surface area contributed by atoms with E-state index >= 15 is 0 Å². The van der Waals surface area contributed by atoms with E-state index in [1.165, 1.54) is 17.6 Å². The number of hydrogen-bond donors (Lipinski definition) is 2. The largest absolute Gasteiger partial charge is 0.431 e. The number of anilines is 2. The van der Waals surface area contributed by atoms with E-state index in [1.807, 2.05) is 12.3 Å². The maximum atomic E-state index is 11.9. The molecule has 2 amide bonds. The molecule has 0 spiro atoms. The van der Waals surface area contributed by atoms with Crippen molar-refractivity contribution in [3.05, 3.63) is 23.0 Å². The van der Waals surface area contributed by atoms with Crippen molar-refractivity contribution in [2.24, 2.45) is 5.92 Å². The monoisotopic (exact) mass is 292 g/mol. The summed E-state index contributed by atoms with van der Waals surface area (Å²) in [4.78, 5) is 31.5. The average Bonchev–Trinajstić information content (AvgIpc) is 3.04. The van der Waals surface area contributed by atoms with Crippen LogP contribution in [0.4, 0.5) is 11.1 Å². The van der Waals surface area contributed by atoms with Crippen molar-refractivity contribution < 1.29 is 14.0 Å². The highest BCUT2D eigenvalue weighted by Crippen LogP contribution is 2.30. The van der Waals surface area contributed by atoms with Gasteiger partial charge < -0.3 is 4.42 Å². The summed E-state index contributed by atoms with van der Waals surface area (Å²) in [7, 11) is 0. The maximum absolute atomic E-state index is 11.9. The fourth-order valence-electron chi connectivity index (χ4n) is 1.56. The van der Waals surface area contributed by atoms with E-state index < -0.39 is 5.91 Å². The third-order valence-corrected chi connectivity index (χ3v) is 3.63. The predicted octanol–water partition coefficient (Wildman–Crippen LogP) is 2.04. The Bertz CT molecular complexity index is 659. The summed E-state index contributed by atoms with van der Waals surface area (Å²) >= 11 is 1.33. The first-order valence-corrected chi connectivity index (χ1v) is 6.99. The van der Waals surface area contributed by atoms with Gasteiger partial charge >= 0.3 is 6.01 Å². The van der Waals surface area contributed by atoms with Crippen molar-refractivity contribution in [2.45, 2.75) is 19.8 Å². The van der Waals surface area contributed by atoms with Crippen molar-refractivity contribution >= 4 is 34.3 Å². The Morgan fingerprint density at radius 2 is 2.15 bits per heavy atom. The van der Waals surface area contributed by atoms with E-state index in [0.717, 1.165) is 18.5 Å². The van der Waals surface area contributed by atoms with E-state index in [4.69, 9.17) is 4.42 Å². The lowest BCUT2D eigenvalue weighted by molar-refractivity contribution is -0.117. The number of carbonyl (C=O) groups is 2. The Balaban J connectivity index is 1.63. The normalized spacial score (nSPS) is 14.1. The molecule has 1 aliphatic rings. The molecule has 3 rings (SSSR count). The molecule has 8 heteroatoms. The van der Waals surface area contributed by atoms with Gasteiger partial charge in [-0.3, -0.25) is 20.2 Å². The van der Waals surface area contributed by atoms with Gasteiger partial charge in [0.1, 0.15) is 6.26 Å². The number of rotatable bonds is 4. The second-order valence-corrected chi connectivity index (χ2v) is 5.41. The predicted molar refractivity (Wildman–Crippen MR) is 72.7 cm³/mol. The van der Waals surface area contributed by atoms with Crippen molar-refractivity contribution in [3.63, 3.8) is 0 Å². The Labute approximate surface area is 118 Å². The zero-order chi connectivity index (χ0) is 14.1. The van der Waals surface area contributed by atoms with E-state index in [1.54, 1.807) is 0 Å². The fourth-order valence-corrected chi connectivity index (χ4v) is 2.24. The minimum atomic E-state index is -0.421. The zero-order valence-corrected chi connectivity index (χ0v) is 11.5. The minimum Gasteiger partial charge on any atom is -0.431 e. The molecule has 0 saturated heterocycles. The van der Waals surface area contributed by atoms with Crippen LogP contribution in [0.1, 0.15) is 29.0 Å². The maximum Gasteiger partial charge on any atom is 0.302 e. The summed E-state index contributed by atoms with van der Waals surface area (Å²) in [6.07, 6.45) is 2.99. The van der Waals surface area contributed by atoms with E-state index in [-0.39, 0.29) is 23.5 Å². The fraction of sp³-hybridized carbons (Fsp3) is 0.333. The molecular formula is C12H12N4O3S. The van der Waals surface area contributed by atoms with Gasteiger partial charge in [-0.15, -0.1) is 11.3 Å². The summed E-state index contributed by atoms with van der Waals surface area (Å²) in [5, 5.41) is 7.48. The molecule has 2 aromatic heterocycles. The van der Waals surface area contributed by atoms with Gasteiger partial charge in [0, 0.05) is 11.3 Å². The van der Waals surface area contributed by atoms with Crippen LogP contribution in [0.3, 0.4) is 0 Å². The van der Waals surface area contributed by atoms with Gasteiger partial charge in [0.25, 0.3) is 5.91 Å². The summed E-state index contributed by atoms with van der Waals surface area (Å²) < 4.78 is 5.06. The molecule has 0 unspecified atom stereocenters. The number of nitrogens with zero attached hydrogens (tertiary/aromatic N) is 2. The van der Waals surface area contributed by atoms with Crippen LogP contribution >= 0.6 is 11.3 Å². The van der Waals surface area contributed by atoms with Crippen molar-refractivity contribution in [1.29, 1.82) is 0 Å². The molecule has 0 radical (unpaired) electrons. The summed E-state index contributed by atoms with van der Waals surface area (Å²) in [5.74, 6) is -0.484. The second-order valence-electron chi connectivity index (χ2n) is 4.55. The number of hydrogen-bond acceptors (Lipinski definition) is 6. The molecule has 2 N–H and O–H groups in total. The van der Waals surface area contributed by atoms with Gasteiger partial charge in [-0.1, -0.05) is 0 Å². The first kappa shape index (κ1) is 12.8. The van der Waals surface area contributed by atoms with Gasteiger partial charge in [0.15, 0.2) is 10.8 Å². The second kappa shape index (κ2) is 5.04. The van der Waals surface area contributed by atoms with Crippen molar-refractivity contribution in [3.8, 4) is 0 Å². The first-order chi connectivity index (χ1) is 9.61. The van der Waals surface area contributed by atoms with Crippen LogP contribution in [0.15, 0.2) is 16.1 Å². The molecule has 1 saturated carbocycles. The van der Waals surface area contributed by atoms with Crippen LogP contribution in [-0.2, 0) is 4.79 Å². The molecule has 0 aromatic carbocycles. The molecule has 1 fully saturated rings. The van der Waals surface area contributed by atoms with Crippen LogP contribution < -0.4 is 10.6 Å². The zero-order valence-electron chi connectivity index (χ0n) is 10.7. The highest BCUT2D eigenvalue weighted by molar-refractivity contribution is 7.13. The highest BCUT2D eigenvalue weighted by Gasteiger charge is 2.30. The number of carbonyl (C=O) groups excluding carboxylic acids is 2. The SMILES string of the molecule is Cc1csc(NC(=O)c2coc(NC(=O)C3CC3)n2)n1. The van der Waals surface area contributed by atoms with Gasteiger partial charge in [0.05, 0.1) is 5.69 Å². The molecule has 2 heterocycles. The molecule has 1 aliphatic carbocycles. The van der Waals surface area contributed by atoms with E-state index in [0.29, 0.717) is 5.13 Å². The standard InChI is InChI=1S/C12H12N4O3S/c1-6-5-20-12(13-6)16-10(18)8-4-19-11(14-8)15-9(17)7-2-3-7/h4-5,7H,2-3H2,1H3,(H,13,16,18)(H,14,15,17). The highest BCUT2D eigenvalue weighted by atomic mass is 32.1. The summed E-state index contributed by atoms with van der Waals surface area (Å²) in [6, 6.07) is 0.0439. The van der Waals surface area contributed by atoms with Crippen LogP contribution in [0.5, 0.6) is 0 Å². The van der Waals surface area contributed by atoms with E-state index in [2.05, 4.69) is 20.6 Å². The van der Waals surface area contributed by atoms with Crippen molar-refractivity contribution in [1.82, 2.24) is 9.97 Å². The third-order valence-electron chi connectivity index (χ3n) is 2.75. The first-order valence-electron chi connectivity index (χ1n) is 6.11. The van der Waals surface area contributed by atoms with Gasteiger partial charge in [0.2, 0.25) is 5.91 Å². The van der Waals surface area contributed by atoms with Crippen LogP contribution in [0.25, 0.3) is 0 Å². The van der Waals surface area contributed by atoms with E-state index in [9.17, 15) is 9.59 Å². The number of thiazole rings is 1. The summed E-state index contributed by atoms with van der Waals surface area (Å²) in [5.41, 5.74) is 0.937. The molecule has 0 bridgehead atoms. The minimum absolute atomic E-state index is 0.0439. The van der Waals surface area contributed by atoms with Crippen molar-refractivity contribution in [2.75, 3.05) is 10.6 Å². The lowest BCUT2D eigenvalue weighted by Gasteiger charge is -1.97. The molecule has 104 valence electrons. The topological polar surface area (TPSA) is 97.1 Å². The number of aryl methyl sites for hydroxylation is 1. The smallest absolute Gasteiger partial charge is 0.302 e. The summed E-state index contributed by atoms with van der Waals surface area (Å²) in [6.45, 7) is 1.84. The van der Waals surface area contributed by atoms with Crippen LogP contribution in [-0.4, -0.2) is 21.8 Å². The number of amides is 2. The Kier molecular flexibility index (Phi) is 3.23. The molecule has 7 nitrogen and oxygen atoms in total.